The highest BCUT2D eigenvalue weighted by atomic mass is 79.9. The molecule has 1 unspecified atom stereocenters. The molecule has 0 aromatic heterocycles. The first-order valence-corrected chi connectivity index (χ1v) is 7.62. The van der Waals surface area contributed by atoms with E-state index in [1.54, 1.807) is 0 Å². The van der Waals surface area contributed by atoms with E-state index in [2.05, 4.69) is 79.2 Å². The fourth-order valence-corrected chi connectivity index (χ4v) is 2.26. The van der Waals surface area contributed by atoms with Crippen molar-refractivity contribution in [2.75, 3.05) is 0 Å². The molecule has 1 atom stereocenters. The molecule has 0 saturated heterocycles. The van der Waals surface area contributed by atoms with Crippen molar-refractivity contribution in [3.8, 4) is 0 Å². The van der Waals surface area contributed by atoms with Gasteiger partial charge >= 0.3 is 0 Å². The lowest BCUT2D eigenvalue weighted by atomic mass is 10.1. The lowest BCUT2D eigenvalue weighted by Crippen LogP contribution is -2.12. The molecule has 0 aliphatic carbocycles. The zero-order valence-electron chi connectivity index (χ0n) is 11.9. The van der Waals surface area contributed by atoms with E-state index < -0.39 is 0 Å². The van der Waals surface area contributed by atoms with Gasteiger partial charge < -0.3 is 0 Å². The smallest absolute Gasteiger partial charge is 0.0643 e. The van der Waals surface area contributed by atoms with Crippen LogP contribution in [0.5, 0.6) is 0 Å². The Balaban J connectivity index is 2.82. The van der Waals surface area contributed by atoms with Gasteiger partial charge in [-0.3, -0.25) is 4.99 Å². The Labute approximate surface area is 125 Å². The molecule has 1 rings (SSSR count). The fourth-order valence-electron chi connectivity index (χ4n) is 1.76. The topological polar surface area (TPSA) is 12.4 Å². The van der Waals surface area contributed by atoms with Gasteiger partial charge in [0.2, 0.25) is 0 Å². The molecule has 0 heterocycles. The molecule has 0 radical (unpaired) electrons. The second-order valence-corrected chi connectivity index (χ2v) is 5.86. The number of nitrogens with zero attached hydrogens (tertiary/aromatic N) is 1. The maximum atomic E-state index is 4.74. The first-order chi connectivity index (χ1) is 9.15. The second-order valence-electron chi connectivity index (χ2n) is 4.49. The largest absolute Gasteiger partial charge is 0.284 e. The van der Waals surface area contributed by atoms with Crippen LogP contribution in [0.15, 0.2) is 59.1 Å². The average molecular weight is 320 g/mol. The van der Waals surface area contributed by atoms with Crippen LogP contribution in [-0.2, 0) is 6.54 Å². The first kappa shape index (κ1) is 15.9. The molecular formula is C17H22BrN. The number of benzene rings is 1. The molecule has 0 fully saturated rings. The molecule has 0 amide bonds. The van der Waals surface area contributed by atoms with Crippen molar-refractivity contribution in [3.63, 3.8) is 0 Å². The van der Waals surface area contributed by atoms with Crippen molar-refractivity contribution in [3.05, 3.63) is 59.7 Å². The Morgan fingerprint density at radius 3 is 2.58 bits per heavy atom. The summed E-state index contributed by atoms with van der Waals surface area (Å²) in [5, 5.41) is 0. The molecule has 0 aliphatic rings. The molecule has 1 aromatic carbocycles. The van der Waals surface area contributed by atoms with E-state index in [9.17, 15) is 0 Å². The van der Waals surface area contributed by atoms with Crippen LogP contribution in [0.3, 0.4) is 0 Å². The van der Waals surface area contributed by atoms with E-state index in [0.29, 0.717) is 0 Å². The predicted molar refractivity (Wildman–Crippen MR) is 89.2 cm³/mol. The first-order valence-electron chi connectivity index (χ1n) is 6.71. The molecule has 102 valence electrons. The highest BCUT2D eigenvalue weighted by Crippen LogP contribution is 2.12. The van der Waals surface area contributed by atoms with E-state index in [0.717, 1.165) is 18.7 Å². The van der Waals surface area contributed by atoms with Gasteiger partial charge in [-0.25, -0.2) is 0 Å². The van der Waals surface area contributed by atoms with Gasteiger partial charge in [-0.05, 0) is 31.4 Å². The minimum Gasteiger partial charge on any atom is -0.284 e. The standard InChI is InChI=1S/C17H22BrN/c1-4-5-7-10-14(2)17(15(3)18)19-13-16-11-8-6-9-12-16/h5-12,15H,4,13H2,1-3H3/b7-5-,14-10+,19-17?. The van der Waals surface area contributed by atoms with Crippen LogP contribution in [0.1, 0.15) is 32.8 Å². The average Bonchev–Trinajstić information content (AvgIpc) is 2.40. The second kappa shape index (κ2) is 8.87. The van der Waals surface area contributed by atoms with Gasteiger partial charge in [0.05, 0.1) is 17.1 Å². The third-order valence-corrected chi connectivity index (χ3v) is 3.21. The third-order valence-electron chi connectivity index (χ3n) is 2.77. The zero-order valence-corrected chi connectivity index (χ0v) is 13.5. The van der Waals surface area contributed by atoms with E-state index in [-0.39, 0.29) is 4.83 Å². The van der Waals surface area contributed by atoms with Gasteiger partial charge in [0.15, 0.2) is 0 Å². The van der Waals surface area contributed by atoms with Crippen molar-refractivity contribution in [2.45, 2.75) is 38.6 Å². The molecule has 19 heavy (non-hydrogen) atoms. The lowest BCUT2D eigenvalue weighted by molar-refractivity contribution is 1.05. The summed E-state index contributed by atoms with van der Waals surface area (Å²) in [4.78, 5) is 5.01. The van der Waals surface area contributed by atoms with Gasteiger partial charge in [-0.2, -0.15) is 0 Å². The van der Waals surface area contributed by atoms with E-state index >= 15 is 0 Å². The monoisotopic (exact) mass is 319 g/mol. The van der Waals surface area contributed by atoms with Gasteiger partial charge in [0.1, 0.15) is 0 Å². The Bertz CT molecular complexity index is 455. The van der Waals surface area contributed by atoms with Crippen LogP contribution in [0.2, 0.25) is 0 Å². The molecule has 1 nitrogen and oxygen atoms in total. The summed E-state index contributed by atoms with van der Waals surface area (Å²) in [6, 6.07) is 10.3. The van der Waals surface area contributed by atoms with Crippen LogP contribution in [0, 0.1) is 0 Å². The molecule has 0 saturated carbocycles. The van der Waals surface area contributed by atoms with Gasteiger partial charge in [-0.15, -0.1) is 0 Å². The minimum atomic E-state index is 0.266. The van der Waals surface area contributed by atoms with Crippen LogP contribution < -0.4 is 0 Å². The van der Waals surface area contributed by atoms with Crippen molar-refractivity contribution in [1.29, 1.82) is 0 Å². The quantitative estimate of drug-likeness (QED) is 0.382. The zero-order chi connectivity index (χ0) is 14.1. The fraction of sp³-hybridized carbons (Fsp3) is 0.353. The minimum absolute atomic E-state index is 0.266. The van der Waals surface area contributed by atoms with Crippen LogP contribution in [-0.4, -0.2) is 10.5 Å². The highest BCUT2D eigenvalue weighted by molar-refractivity contribution is 9.10. The number of aliphatic imine (C=N–C) groups is 1. The van der Waals surface area contributed by atoms with Crippen LogP contribution in [0.25, 0.3) is 0 Å². The summed E-state index contributed by atoms with van der Waals surface area (Å²) in [5.74, 6) is 0. The van der Waals surface area contributed by atoms with Crippen molar-refractivity contribution in [1.82, 2.24) is 0 Å². The molecule has 0 aliphatic heterocycles. The van der Waals surface area contributed by atoms with E-state index in [1.165, 1.54) is 11.1 Å². The number of hydrogen-bond donors (Lipinski definition) is 0. The van der Waals surface area contributed by atoms with Gasteiger partial charge in [0, 0.05) is 0 Å². The molecule has 1 aromatic rings. The van der Waals surface area contributed by atoms with Gasteiger partial charge in [-0.1, -0.05) is 71.4 Å². The molecule has 0 bridgehead atoms. The highest BCUT2D eigenvalue weighted by Gasteiger charge is 2.08. The van der Waals surface area contributed by atoms with E-state index in [4.69, 9.17) is 4.99 Å². The number of rotatable bonds is 6. The summed E-state index contributed by atoms with van der Waals surface area (Å²) in [6.45, 7) is 7.10. The Morgan fingerprint density at radius 2 is 2.00 bits per heavy atom. The Kier molecular flexibility index (Phi) is 7.42. The van der Waals surface area contributed by atoms with Crippen LogP contribution >= 0.6 is 15.9 Å². The number of allylic oxidation sites excluding steroid dienone is 4. The molecule has 0 spiro atoms. The number of hydrogen-bond acceptors (Lipinski definition) is 1. The van der Waals surface area contributed by atoms with Gasteiger partial charge in [0.25, 0.3) is 0 Å². The maximum Gasteiger partial charge on any atom is 0.0643 e. The maximum absolute atomic E-state index is 4.74. The molecular weight excluding hydrogens is 298 g/mol. The molecule has 2 heteroatoms. The summed E-state index contributed by atoms with van der Waals surface area (Å²) in [5.41, 5.74) is 3.57. The Hall–Kier alpha value is -1.15. The van der Waals surface area contributed by atoms with Crippen molar-refractivity contribution >= 4 is 21.6 Å². The van der Waals surface area contributed by atoms with Crippen molar-refractivity contribution in [2.24, 2.45) is 4.99 Å². The Morgan fingerprint density at radius 1 is 1.32 bits per heavy atom. The summed E-state index contributed by atoms with van der Waals surface area (Å²) in [7, 11) is 0. The number of alkyl halides is 1. The van der Waals surface area contributed by atoms with Crippen LogP contribution in [0.4, 0.5) is 0 Å². The summed E-state index contributed by atoms with van der Waals surface area (Å²) < 4.78 is 0. The SMILES string of the molecule is CC/C=C\C=C(/C)C(=NCc1ccccc1)C(C)Br. The normalized spacial score (nSPS) is 14.9. The predicted octanol–water partition coefficient (Wildman–Crippen LogP) is 5.32. The van der Waals surface area contributed by atoms with Crippen molar-refractivity contribution < 1.29 is 0 Å². The third kappa shape index (κ3) is 6.02. The van der Waals surface area contributed by atoms with E-state index in [1.807, 2.05) is 6.07 Å². The number of halogens is 1. The summed E-state index contributed by atoms with van der Waals surface area (Å²) in [6.07, 6.45) is 7.44. The molecule has 0 N–H and O–H groups in total. The summed E-state index contributed by atoms with van der Waals surface area (Å²) >= 11 is 3.63. The lowest BCUT2D eigenvalue weighted by Gasteiger charge is -2.09.